The average Bonchev–Trinajstić information content (AvgIpc) is 2.04. The minimum Gasteiger partial charge on any atom is -0.478 e. The summed E-state index contributed by atoms with van der Waals surface area (Å²) in [6.07, 6.45) is 0. The van der Waals surface area contributed by atoms with Crippen LogP contribution in [0.1, 0.15) is 20.7 Å². The molecule has 1 aromatic carbocycles. The van der Waals surface area contributed by atoms with Crippen molar-refractivity contribution in [3.05, 3.63) is 35.4 Å². The number of carboxylic acid groups (broad SMARTS) is 2. The van der Waals surface area contributed by atoms with Crippen LogP contribution in [-0.4, -0.2) is 38.6 Å². The Kier molecular flexibility index (Phi) is 15.1. The molecule has 97 valence electrons. The van der Waals surface area contributed by atoms with Gasteiger partial charge in [0.05, 0.1) is 11.1 Å². The number of hydrogen-bond acceptors (Lipinski definition) is 2. The summed E-state index contributed by atoms with van der Waals surface area (Å²) in [6.45, 7) is 0. The molecule has 0 fully saturated rings. The van der Waals surface area contributed by atoms with Gasteiger partial charge < -0.3 is 26.6 Å². The average molecular weight is 284 g/mol. The molecule has 0 saturated heterocycles. The summed E-state index contributed by atoms with van der Waals surface area (Å²) >= 11 is 0. The van der Waals surface area contributed by atoms with Crippen molar-refractivity contribution in [3.63, 3.8) is 0 Å². The predicted octanol–water partition coefficient (Wildman–Crippen LogP) is -1.39. The molecule has 8 heteroatoms. The van der Waals surface area contributed by atoms with Crippen molar-refractivity contribution >= 4 is 11.9 Å². The number of carboxylic acids is 2. The van der Waals surface area contributed by atoms with Crippen LogP contribution in [0.25, 0.3) is 0 Å². The largest absolute Gasteiger partial charge is 0.478 e. The monoisotopic (exact) mass is 283 g/mol. The molecule has 0 amide bonds. The van der Waals surface area contributed by atoms with Gasteiger partial charge in [-0.1, -0.05) is 0 Å². The molecule has 0 saturated carbocycles. The number of aromatic carboxylic acids is 2. The van der Waals surface area contributed by atoms with E-state index in [1.807, 2.05) is 0 Å². The third-order valence-corrected chi connectivity index (χ3v) is 1.38. The molecule has 1 aromatic rings. The van der Waals surface area contributed by atoms with E-state index in [0.29, 0.717) is 0 Å². The van der Waals surface area contributed by atoms with Gasteiger partial charge in [0.25, 0.3) is 0 Å². The summed E-state index contributed by atoms with van der Waals surface area (Å²) in [4.78, 5) is 20.7. The SMILES string of the molecule is O.O.O.O=C(O)c1ccc(C(=O)O)cc1.[Cu]. The smallest absolute Gasteiger partial charge is 0.335 e. The van der Waals surface area contributed by atoms with E-state index in [-0.39, 0.29) is 44.6 Å². The zero-order chi connectivity index (χ0) is 9.14. The van der Waals surface area contributed by atoms with E-state index in [0.717, 1.165) is 0 Å². The van der Waals surface area contributed by atoms with Crippen LogP contribution >= 0.6 is 0 Å². The first-order valence-corrected chi connectivity index (χ1v) is 3.18. The van der Waals surface area contributed by atoms with E-state index in [9.17, 15) is 9.59 Å². The molecule has 0 aliphatic rings. The van der Waals surface area contributed by atoms with Crippen LogP contribution in [0, 0.1) is 0 Å². The third kappa shape index (κ3) is 6.12. The summed E-state index contributed by atoms with van der Waals surface area (Å²) in [5, 5.41) is 16.9. The molecular formula is C8H12CuO7. The maximum Gasteiger partial charge on any atom is 0.335 e. The first kappa shape index (κ1) is 24.0. The van der Waals surface area contributed by atoms with Crippen molar-refractivity contribution in [2.45, 2.75) is 0 Å². The number of carbonyl (C=O) groups is 2. The van der Waals surface area contributed by atoms with Crippen LogP contribution in [0.4, 0.5) is 0 Å². The Morgan fingerprint density at radius 2 is 0.938 bits per heavy atom. The first-order valence-electron chi connectivity index (χ1n) is 3.18. The maximum atomic E-state index is 10.3. The van der Waals surface area contributed by atoms with Crippen LogP contribution < -0.4 is 0 Å². The van der Waals surface area contributed by atoms with Gasteiger partial charge in [0.15, 0.2) is 0 Å². The summed E-state index contributed by atoms with van der Waals surface area (Å²) < 4.78 is 0. The molecule has 0 aliphatic carbocycles. The molecule has 0 bridgehead atoms. The Bertz CT molecular complexity index is 289. The van der Waals surface area contributed by atoms with E-state index in [2.05, 4.69) is 0 Å². The Balaban J connectivity index is -0.000000180. The molecule has 0 unspecified atom stereocenters. The van der Waals surface area contributed by atoms with Gasteiger partial charge in [-0.15, -0.1) is 0 Å². The maximum absolute atomic E-state index is 10.3. The van der Waals surface area contributed by atoms with Crippen molar-refractivity contribution in [1.82, 2.24) is 0 Å². The summed E-state index contributed by atoms with van der Waals surface area (Å²) in [5.41, 5.74) is 0.167. The topological polar surface area (TPSA) is 169 Å². The van der Waals surface area contributed by atoms with E-state index < -0.39 is 11.9 Å². The molecule has 1 rings (SSSR count). The fraction of sp³-hybridized carbons (Fsp3) is 0. The standard InChI is InChI=1S/C8H6O4.Cu.3H2O/c9-7(10)5-1-2-6(4-3-5)8(11)12;;;;/h1-4H,(H,9,10)(H,11,12);;3*1H2. The normalized spacial score (nSPS) is 7.00. The second-order valence-electron chi connectivity index (χ2n) is 2.19. The van der Waals surface area contributed by atoms with Crippen LogP contribution in [0.2, 0.25) is 0 Å². The van der Waals surface area contributed by atoms with E-state index >= 15 is 0 Å². The Morgan fingerprint density at radius 3 is 1.06 bits per heavy atom. The van der Waals surface area contributed by atoms with Gasteiger partial charge in [0.1, 0.15) is 0 Å². The van der Waals surface area contributed by atoms with E-state index in [4.69, 9.17) is 10.2 Å². The van der Waals surface area contributed by atoms with Gasteiger partial charge in [0.2, 0.25) is 0 Å². The zero-order valence-corrected chi connectivity index (χ0v) is 8.76. The molecule has 0 spiro atoms. The summed E-state index contributed by atoms with van der Waals surface area (Å²) in [7, 11) is 0. The van der Waals surface area contributed by atoms with Gasteiger partial charge in [-0.3, -0.25) is 0 Å². The van der Waals surface area contributed by atoms with Crippen molar-refractivity contribution < 1.29 is 53.3 Å². The fourth-order valence-corrected chi connectivity index (χ4v) is 0.755. The predicted molar refractivity (Wildman–Crippen MR) is 51.2 cm³/mol. The molecule has 16 heavy (non-hydrogen) atoms. The number of benzene rings is 1. The molecule has 0 aromatic heterocycles. The quantitative estimate of drug-likeness (QED) is 0.637. The molecule has 1 radical (unpaired) electrons. The minimum atomic E-state index is -1.06. The van der Waals surface area contributed by atoms with E-state index in [1.54, 1.807) is 0 Å². The Hall–Kier alpha value is -1.44. The molecule has 7 nitrogen and oxygen atoms in total. The zero-order valence-electron chi connectivity index (χ0n) is 7.82. The number of hydrogen-bond donors (Lipinski definition) is 2. The van der Waals surface area contributed by atoms with Gasteiger partial charge in [-0.05, 0) is 24.3 Å². The Morgan fingerprint density at radius 1 is 0.750 bits per heavy atom. The van der Waals surface area contributed by atoms with Crippen LogP contribution in [-0.2, 0) is 17.1 Å². The fourth-order valence-electron chi connectivity index (χ4n) is 0.755. The molecule has 0 heterocycles. The summed E-state index contributed by atoms with van der Waals surface area (Å²) in [5.74, 6) is -2.13. The van der Waals surface area contributed by atoms with Gasteiger partial charge in [0, 0.05) is 17.1 Å². The van der Waals surface area contributed by atoms with Crippen molar-refractivity contribution in [3.8, 4) is 0 Å². The van der Waals surface area contributed by atoms with Crippen LogP contribution in [0.3, 0.4) is 0 Å². The van der Waals surface area contributed by atoms with Gasteiger partial charge >= 0.3 is 11.9 Å². The van der Waals surface area contributed by atoms with Gasteiger partial charge in [-0.25, -0.2) is 9.59 Å². The van der Waals surface area contributed by atoms with Gasteiger partial charge in [-0.2, -0.15) is 0 Å². The third-order valence-electron chi connectivity index (χ3n) is 1.38. The van der Waals surface area contributed by atoms with Crippen LogP contribution in [0.5, 0.6) is 0 Å². The molecular weight excluding hydrogens is 272 g/mol. The first-order chi connectivity index (χ1) is 5.61. The van der Waals surface area contributed by atoms with Crippen LogP contribution in [0.15, 0.2) is 24.3 Å². The molecule has 0 atom stereocenters. The summed E-state index contributed by atoms with van der Waals surface area (Å²) in [6, 6.07) is 5.02. The van der Waals surface area contributed by atoms with Crippen molar-refractivity contribution in [2.24, 2.45) is 0 Å². The van der Waals surface area contributed by atoms with Crippen molar-refractivity contribution in [2.75, 3.05) is 0 Å². The molecule has 0 aliphatic heterocycles. The molecule has 8 N–H and O–H groups in total. The number of rotatable bonds is 2. The second kappa shape index (κ2) is 10.1. The Labute approximate surface area is 101 Å². The van der Waals surface area contributed by atoms with Crippen molar-refractivity contribution in [1.29, 1.82) is 0 Å². The van der Waals surface area contributed by atoms with E-state index in [1.165, 1.54) is 24.3 Å². The minimum absolute atomic E-state index is 0. The second-order valence-corrected chi connectivity index (χ2v) is 2.19.